The number of halogens is 4. The van der Waals surface area contributed by atoms with Gasteiger partial charge in [0.25, 0.3) is 0 Å². The summed E-state index contributed by atoms with van der Waals surface area (Å²) in [6, 6.07) is 0.684. The summed E-state index contributed by atoms with van der Waals surface area (Å²) < 4.78 is 34.3. The molecule has 0 aliphatic carbocycles. The van der Waals surface area contributed by atoms with Gasteiger partial charge < -0.3 is 9.72 Å². The normalized spacial score (nSPS) is 12.0. The minimum Gasteiger partial charge on any atom is -0.443 e. The van der Waals surface area contributed by atoms with Crippen LogP contribution < -0.4 is 4.90 Å². The van der Waals surface area contributed by atoms with Crippen molar-refractivity contribution in [3.05, 3.63) is 33.9 Å². The van der Waals surface area contributed by atoms with E-state index in [0.717, 1.165) is 4.90 Å². The molecule has 0 aliphatic heterocycles. The highest BCUT2D eigenvalue weighted by atomic mass is 35.5. The zero-order chi connectivity index (χ0) is 19.4. The largest absolute Gasteiger partial charge is 0.443 e. The second kappa shape index (κ2) is 6.25. The number of hydrogen-bond donors (Lipinski definition) is 1. The molecule has 2 aromatic heterocycles. The highest BCUT2D eigenvalue weighted by Crippen LogP contribution is 2.40. The van der Waals surface area contributed by atoms with Crippen LogP contribution in [0, 0.1) is 11.6 Å². The molecular formula is C17H15Cl2F2N3O2. The molecule has 0 saturated heterocycles. The van der Waals surface area contributed by atoms with Crippen molar-refractivity contribution in [2.24, 2.45) is 0 Å². The Morgan fingerprint density at radius 1 is 1.23 bits per heavy atom. The predicted octanol–water partition coefficient (Wildman–Crippen LogP) is 5.67. The number of hydrogen-bond acceptors (Lipinski definition) is 3. The van der Waals surface area contributed by atoms with Crippen molar-refractivity contribution in [2.45, 2.75) is 26.4 Å². The average molecular weight is 402 g/mol. The molecule has 2 heterocycles. The Kier molecular flexibility index (Phi) is 4.48. The zero-order valence-electron chi connectivity index (χ0n) is 14.4. The third-order valence-electron chi connectivity index (χ3n) is 3.67. The van der Waals surface area contributed by atoms with E-state index in [9.17, 15) is 13.6 Å². The van der Waals surface area contributed by atoms with Gasteiger partial charge in [0.15, 0.2) is 5.82 Å². The lowest BCUT2D eigenvalue weighted by molar-refractivity contribution is 0.0588. The molecular weight excluding hydrogens is 387 g/mol. The van der Waals surface area contributed by atoms with Crippen molar-refractivity contribution in [1.29, 1.82) is 0 Å². The van der Waals surface area contributed by atoms with Crippen LogP contribution in [0.5, 0.6) is 0 Å². The van der Waals surface area contributed by atoms with Crippen LogP contribution in [-0.2, 0) is 4.74 Å². The number of benzene rings is 1. The van der Waals surface area contributed by atoms with Crippen LogP contribution in [0.4, 0.5) is 19.3 Å². The SMILES string of the molecule is CN(C(=O)OC(C)(C)C)c1c(F)cc(F)c2c1[nH]c1ncc(Cl)c(Cl)c12. The Hall–Kier alpha value is -2.12. The van der Waals surface area contributed by atoms with Crippen LogP contribution in [0.1, 0.15) is 20.8 Å². The molecule has 9 heteroatoms. The number of ether oxygens (including phenoxy) is 1. The van der Waals surface area contributed by atoms with Gasteiger partial charge in [-0.2, -0.15) is 0 Å². The molecule has 0 bridgehead atoms. The topological polar surface area (TPSA) is 58.2 Å². The van der Waals surface area contributed by atoms with Gasteiger partial charge in [0, 0.05) is 30.1 Å². The van der Waals surface area contributed by atoms with Gasteiger partial charge in [0.2, 0.25) is 0 Å². The molecule has 0 radical (unpaired) electrons. The summed E-state index contributed by atoms with van der Waals surface area (Å²) in [5.74, 6) is -1.78. The van der Waals surface area contributed by atoms with Gasteiger partial charge in [-0.05, 0) is 20.8 Å². The maximum Gasteiger partial charge on any atom is 0.414 e. The standard InChI is InChI=1S/C17H15Cl2F2N3O2/c1-17(2,3)26-16(25)24(4)14-9(21)5-8(20)10-11-12(19)7(18)6-22-15(11)23-13(10)14/h5-6H,1-4H3,(H,22,23). The maximum absolute atomic E-state index is 14.5. The Bertz CT molecular complexity index is 1040. The Morgan fingerprint density at radius 3 is 2.50 bits per heavy atom. The maximum atomic E-state index is 14.5. The fourth-order valence-electron chi connectivity index (χ4n) is 2.63. The van der Waals surface area contributed by atoms with E-state index in [0.29, 0.717) is 6.07 Å². The number of pyridine rings is 1. The van der Waals surface area contributed by atoms with Crippen molar-refractivity contribution in [1.82, 2.24) is 9.97 Å². The molecule has 0 aliphatic rings. The second-order valence-electron chi connectivity index (χ2n) is 6.75. The number of carbonyl (C=O) groups excluding carboxylic acids is 1. The Labute approximate surface area is 157 Å². The Balaban J connectivity index is 2.30. The van der Waals surface area contributed by atoms with E-state index in [1.165, 1.54) is 13.2 Å². The molecule has 3 aromatic rings. The van der Waals surface area contributed by atoms with Crippen molar-refractivity contribution in [3.8, 4) is 0 Å². The monoisotopic (exact) mass is 401 g/mol. The lowest BCUT2D eigenvalue weighted by atomic mass is 10.1. The summed E-state index contributed by atoms with van der Waals surface area (Å²) in [6.07, 6.45) is 0.507. The van der Waals surface area contributed by atoms with Crippen LogP contribution >= 0.6 is 23.2 Å². The molecule has 26 heavy (non-hydrogen) atoms. The van der Waals surface area contributed by atoms with Gasteiger partial charge in [-0.25, -0.2) is 18.6 Å². The van der Waals surface area contributed by atoms with Crippen molar-refractivity contribution >= 4 is 56.9 Å². The molecule has 0 fully saturated rings. The van der Waals surface area contributed by atoms with E-state index in [1.54, 1.807) is 20.8 Å². The summed E-state index contributed by atoms with van der Waals surface area (Å²) in [7, 11) is 1.33. The molecule has 1 amide bonds. The quantitative estimate of drug-likeness (QED) is 0.571. The smallest absolute Gasteiger partial charge is 0.414 e. The minimum atomic E-state index is -0.933. The number of aromatic nitrogens is 2. The van der Waals surface area contributed by atoms with Gasteiger partial charge in [-0.15, -0.1) is 0 Å². The first-order valence-corrected chi connectivity index (χ1v) is 8.37. The fourth-order valence-corrected chi connectivity index (χ4v) is 3.01. The summed E-state index contributed by atoms with van der Waals surface area (Å²) >= 11 is 12.1. The number of amides is 1. The fraction of sp³-hybridized carbons (Fsp3) is 0.294. The van der Waals surface area contributed by atoms with Gasteiger partial charge in [-0.1, -0.05) is 23.2 Å². The number of nitrogens with one attached hydrogen (secondary N) is 1. The number of H-pyrrole nitrogens is 1. The number of aromatic amines is 1. The van der Waals surface area contributed by atoms with Gasteiger partial charge in [0.05, 0.1) is 15.6 Å². The van der Waals surface area contributed by atoms with Crippen LogP contribution in [0.25, 0.3) is 21.9 Å². The second-order valence-corrected chi connectivity index (χ2v) is 7.53. The van der Waals surface area contributed by atoms with Crippen LogP contribution in [0.2, 0.25) is 10.0 Å². The molecule has 0 saturated carbocycles. The highest BCUT2D eigenvalue weighted by molar-refractivity contribution is 6.46. The number of nitrogens with zero attached hydrogens (tertiary/aromatic N) is 2. The number of rotatable bonds is 1. The van der Waals surface area contributed by atoms with Crippen molar-refractivity contribution in [3.63, 3.8) is 0 Å². The third-order valence-corrected chi connectivity index (χ3v) is 4.45. The first kappa shape index (κ1) is 18.7. The molecule has 0 unspecified atom stereocenters. The molecule has 0 spiro atoms. The van der Waals surface area contributed by atoms with Crippen LogP contribution in [0.15, 0.2) is 12.3 Å². The lowest BCUT2D eigenvalue weighted by Gasteiger charge is -2.25. The molecule has 3 rings (SSSR count). The van der Waals surface area contributed by atoms with E-state index >= 15 is 0 Å². The van der Waals surface area contributed by atoms with Crippen molar-refractivity contribution < 1.29 is 18.3 Å². The predicted molar refractivity (Wildman–Crippen MR) is 98.2 cm³/mol. The van der Waals surface area contributed by atoms with E-state index in [4.69, 9.17) is 27.9 Å². The minimum absolute atomic E-state index is 0.00758. The summed E-state index contributed by atoms with van der Waals surface area (Å²) in [5, 5.41) is 0.419. The van der Waals surface area contributed by atoms with E-state index in [-0.39, 0.29) is 37.7 Å². The van der Waals surface area contributed by atoms with Crippen LogP contribution in [0.3, 0.4) is 0 Å². The van der Waals surface area contributed by atoms with E-state index < -0.39 is 23.3 Å². The first-order valence-electron chi connectivity index (χ1n) is 7.61. The van der Waals surface area contributed by atoms with Gasteiger partial charge in [0.1, 0.15) is 22.8 Å². The number of fused-ring (bicyclic) bond motifs is 3. The number of carbonyl (C=O) groups is 1. The van der Waals surface area contributed by atoms with Crippen molar-refractivity contribution in [2.75, 3.05) is 11.9 Å². The van der Waals surface area contributed by atoms with Crippen LogP contribution in [-0.4, -0.2) is 28.7 Å². The Morgan fingerprint density at radius 2 is 1.88 bits per heavy atom. The molecule has 138 valence electrons. The summed E-state index contributed by atoms with van der Waals surface area (Å²) in [4.78, 5) is 20.2. The molecule has 0 atom stereocenters. The molecule has 5 nitrogen and oxygen atoms in total. The first-order chi connectivity index (χ1) is 12.0. The highest BCUT2D eigenvalue weighted by Gasteiger charge is 2.27. The lowest BCUT2D eigenvalue weighted by Crippen LogP contribution is -2.34. The van der Waals surface area contributed by atoms with E-state index in [1.807, 2.05) is 0 Å². The average Bonchev–Trinajstić information content (AvgIpc) is 2.89. The summed E-state index contributed by atoms with van der Waals surface area (Å²) in [6.45, 7) is 5.05. The van der Waals surface area contributed by atoms with Gasteiger partial charge >= 0.3 is 6.09 Å². The third kappa shape index (κ3) is 3.05. The van der Waals surface area contributed by atoms with E-state index in [2.05, 4.69) is 9.97 Å². The summed E-state index contributed by atoms with van der Waals surface area (Å²) in [5.41, 5.74) is -0.708. The zero-order valence-corrected chi connectivity index (χ0v) is 15.9. The molecule has 1 N–H and O–H groups in total. The molecule has 1 aromatic carbocycles. The number of anilines is 1. The van der Waals surface area contributed by atoms with Gasteiger partial charge in [-0.3, -0.25) is 4.90 Å².